The molecule has 0 heterocycles. The van der Waals surface area contributed by atoms with Gasteiger partial charge in [0, 0.05) is 6.61 Å². The van der Waals surface area contributed by atoms with Gasteiger partial charge in [-0.2, -0.15) is 0 Å². The van der Waals surface area contributed by atoms with Crippen molar-refractivity contribution in [3.05, 3.63) is 35.1 Å². The Morgan fingerprint density at radius 1 is 1.38 bits per heavy atom. The molecule has 1 atom stereocenters. The highest BCUT2D eigenvalue weighted by Crippen LogP contribution is 2.30. The highest BCUT2D eigenvalue weighted by Gasteiger charge is 2.23. The molecule has 1 N–H and O–H groups in total. The van der Waals surface area contributed by atoms with E-state index in [-0.39, 0.29) is 12.4 Å². The third-order valence-corrected chi connectivity index (χ3v) is 2.75. The highest BCUT2D eigenvalue weighted by molar-refractivity contribution is 5.33. The van der Waals surface area contributed by atoms with Crippen LogP contribution in [0, 0.1) is 11.7 Å². The molecule has 0 spiro atoms. The maximum atomic E-state index is 13.2. The quantitative estimate of drug-likeness (QED) is 0.737. The molecule has 13 heavy (non-hydrogen) atoms. The maximum Gasteiger partial charge on any atom is 0.126 e. The molecular formula is C11H13FO. The van der Waals surface area contributed by atoms with Gasteiger partial charge in [0.1, 0.15) is 5.82 Å². The molecule has 70 valence electrons. The minimum absolute atomic E-state index is 0.0852. The number of aliphatic hydroxyl groups excluding tert-OH is 1. The second-order valence-electron chi connectivity index (χ2n) is 3.66. The van der Waals surface area contributed by atoms with Gasteiger partial charge < -0.3 is 5.11 Å². The third kappa shape index (κ3) is 1.59. The lowest BCUT2D eigenvalue weighted by Crippen LogP contribution is -2.01. The fraction of sp³-hybridized carbons (Fsp3) is 0.455. The normalized spacial score (nSPS) is 20.3. The lowest BCUT2D eigenvalue weighted by atomic mass is 10.0. The lowest BCUT2D eigenvalue weighted by molar-refractivity contribution is 0.259. The summed E-state index contributed by atoms with van der Waals surface area (Å²) in [4.78, 5) is 0. The minimum Gasteiger partial charge on any atom is -0.396 e. The van der Waals surface area contributed by atoms with Gasteiger partial charge in [-0.25, -0.2) is 4.39 Å². The summed E-state index contributed by atoms with van der Waals surface area (Å²) in [5.74, 6) is 0.356. The van der Waals surface area contributed by atoms with Gasteiger partial charge in [-0.15, -0.1) is 0 Å². The number of hydrogen-bond acceptors (Lipinski definition) is 1. The molecule has 0 amide bonds. The highest BCUT2D eigenvalue weighted by atomic mass is 19.1. The van der Waals surface area contributed by atoms with Crippen molar-refractivity contribution in [1.29, 1.82) is 0 Å². The largest absolute Gasteiger partial charge is 0.396 e. The Hall–Kier alpha value is -0.890. The van der Waals surface area contributed by atoms with Gasteiger partial charge in [0.15, 0.2) is 0 Å². The fourth-order valence-corrected chi connectivity index (χ4v) is 2.08. The molecule has 2 heteroatoms. The van der Waals surface area contributed by atoms with Gasteiger partial charge in [-0.05, 0) is 42.4 Å². The second kappa shape index (κ2) is 3.46. The summed E-state index contributed by atoms with van der Waals surface area (Å²) >= 11 is 0. The van der Waals surface area contributed by atoms with Crippen molar-refractivity contribution in [2.75, 3.05) is 6.61 Å². The second-order valence-corrected chi connectivity index (χ2v) is 3.66. The Bertz CT molecular complexity index is 309. The molecule has 1 nitrogen and oxygen atoms in total. The monoisotopic (exact) mass is 180 g/mol. The SMILES string of the molecule is OCCC1Cc2cccc(F)c2C1. The first-order valence-electron chi connectivity index (χ1n) is 4.68. The lowest BCUT2D eigenvalue weighted by Gasteiger charge is -2.04. The summed E-state index contributed by atoms with van der Waals surface area (Å²) in [6.07, 6.45) is 2.50. The van der Waals surface area contributed by atoms with E-state index in [2.05, 4.69) is 0 Å². The Labute approximate surface area is 77.2 Å². The van der Waals surface area contributed by atoms with Crippen LogP contribution in [-0.2, 0) is 12.8 Å². The number of benzene rings is 1. The Balaban J connectivity index is 2.20. The zero-order chi connectivity index (χ0) is 9.26. The minimum atomic E-state index is -0.0852. The van der Waals surface area contributed by atoms with Crippen molar-refractivity contribution in [3.63, 3.8) is 0 Å². The van der Waals surface area contributed by atoms with Gasteiger partial charge in [0.2, 0.25) is 0 Å². The van der Waals surface area contributed by atoms with E-state index in [0.717, 1.165) is 30.4 Å². The number of aliphatic hydroxyl groups is 1. The molecule has 1 unspecified atom stereocenters. The first kappa shape index (κ1) is 8.70. The predicted octanol–water partition coefficient (Wildman–Crippen LogP) is 1.92. The van der Waals surface area contributed by atoms with Crippen molar-refractivity contribution in [1.82, 2.24) is 0 Å². The van der Waals surface area contributed by atoms with Gasteiger partial charge in [-0.1, -0.05) is 12.1 Å². The van der Waals surface area contributed by atoms with Crippen molar-refractivity contribution in [2.45, 2.75) is 19.3 Å². The van der Waals surface area contributed by atoms with E-state index in [0.29, 0.717) is 5.92 Å². The van der Waals surface area contributed by atoms with Crippen molar-refractivity contribution in [2.24, 2.45) is 5.92 Å². The summed E-state index contributed by atoms with van der Waals surface area (Å²) in [6, 6.07) is 5.26. The average molecular weight is 180 g/mol. The summed E-state index contributed by atoms with van der Waals surface area (Å²) < 4.78 is 13.2. The van der Waals surface area contributed by atoms with E-state index in [1.807, 2.05) is 6.07 Å². The molecule has 0 radical (unpaired) electrons. The third-order valence-electron chi connectivity index (χ3n) is 2.75. The molecule has 1 aliphatic carbocycles. The summed E-state index contributed by atoms with van der Waals surface area (Å²) in [5, 5.41) is 8.78. The zero-order valence-electron chi connectivity index (χ0n) is 7.46. The van der Waals surface area contributed by atoms with Crippen LogP contribution >= 0.6 is 0 Å². The van der Waals surface area contributed by atoms with Gasteiger partial charge in [0.05, 0.1) is 0 Å². The van der Waals surface area contributed by atoms with Crippen molar-refractivity contribution < 1.29 is 9.50 Å². The Kier molecular flexibility index (Phi) is 2.32. The first-order chi connectivity index (χ1) is 6.31. The molecule has 0 bridgehead atoms. The molecule has 0 saturated carbocycles. The molecule has 0 aliphatic heterocycles. The van der Waals surface area contributed by atoms with Gasteiger partial charge in [-0.3, -0.25) is 0 Å². The topological polar surface area (TPSA) is 20.2 Å². The number of fused-ring (bicyclic) bond motifs is 1. The van der Waals surface area contributed by atoms with Crippen molar-refractivity contribution >= 4 is 0 Å². The first-order valence-corrected chi connectivity index (χ1v) is 4.68. The molecule has 1 aliphatic rings. The van der Waals surface area contributed by atoms with Crippen LogP contribution < -0.4 is 0 Å². The zero-order valence-corrected chi connectivity index (χ0v) is 7.46. The van der Waals surface area contributed by atoms with E-state index in [1.54, 1.807) is 6.07 Å². The van der Waals surface area contributed by atoms with E-state index >= 15 is 0 Å². The number of halogens is 1. The van der Waals surface area contributed by atoms with E-state index < -0.39 is 0 Å². The van der Waals surface area contributed by atoms with Crippen LogP contribution in [0.4, 0.5) is 4.39 Å². The Morgan fingerprint density at radius 3 is 2.92 bits per heavy atom. The molecule has 0 aromatic heterocycles. The number of hydrogen-bond donors (Lipinski definition) is 1. The van der Waals surface area contributed by atoms with Crippen LogP contribution in [0.2, 0.25) is 0 Å². The van der Waals surface area contributed by atoms with Gasteiger partial charge >= 0.3 is 0 Å². The number of rotatable bonds is 2. The summed E-state index contributed by atoms with van der Waals surface area (Å²) in [5.41, 5.74) is 1.99. The molecule has 0 saturated heterocycles. The summed E-state index contributed by atoms with van der Waals surface area (Å²) in [7, 11) is 0. The molecule has 2 rings (SSSR count). The maximum absolute atomic E-state index is 13.2. The van der Waals surface area contributed by atoms with Crippen LogP contribution in [0.25, 0.3) is 0 Å². The molecule has 0 fully saturated rings. The van der Waals surface area contributed by atoms with E-state index in [1.165, 1.54) is 6.07 Å². The van der Waals surface area contributed by atoms with Crippen LogP contribution in [0.5, 0.6) is 0 Å². The van der Waals surface area contributed by atoms with Gasteiger partial charge in [0.25, 0.3) is 0 Å². The van der Waals surface area contributed by atoms with E-state index in [9.17, 15) is 4.39 Å². The van der Waals surface area contributed by atoms with Crippen molar-refractivity contribution in [3.8, 4) is 0 Å². The average Bonchev–Trinajstić information content (AvgIpc) is 2.49. The smallest absolute Gasteiger partial charge is 0.126 e. The molecular weight excluding hydrogens is 167 g/mol. The van der Waals surface area contributed by atoms with E-state index in [4.69, 9.17) is 5.11 Å². The molecule has 1 aromatic rings. The summed E-state index contributed by atoms with van der Waals surface area (Å²) in [6.45, 7) is 0.209. The Morgan fingerprint density at radius 2 is 2.23 bits per heavy atom. The fourth-order valence-electron chi connectivity index (χ4n) is 2.08. The predicted molar refractivity (Wildman–Crippen MR) is 49.0 cm³/mol. The van der Waals surface area contributed by atoms with Crippen LogP contribution in [0.15, 0.2) is 18.2 Å². The van der Waals surface area contributed by atoms with Crippen LogP contribution in [-0.4, -0.2) is 11.7 Å². The van der Waals surface area contributed by atoms with Crippen LogP contribution in [0.1, 0.15) is 17.5 Å². The van der Waals surface area contributed by atoms with Crippen LogP contribution in [0.3, 0.4) is 0 Å². The standard InChI is InChI=1S/C11H13FO/c12-11-3-1-2-9-6-8(4-5-13)7-10(9)11/h1-3,8,13H,4-7H2. The molecule has 1 aromatic carbocycles.